The number of carbonyl (C=O) groups is 1. The van der Waals surface area contributed by atoms with Gasteiger partial charge in [0.1, 0.15) is 11.3 Å². The van der Waals surface area contributed by atoms with Gasteiger partial charge < -0.3 is 14.5 Å². The molecular formula is C18H17NO3. The fourth-order valence-electron chi connectivity index (χ4n) is 2.46. The lowest BCUT2D eigenvalue weighted by Gasteiger charge is -2.16. The summed E-state index contributed by atoms with van der Waals surface area (Å²) in [7, 11) is 1.62. The normalized spacial score (nSPS) is 12.1. The molecule has 1 aromatic heterocycles. The van der Waals surface area contributed by atoms with Gasteiger partial charge in [-0.25, -0.2) is 0 Å². The van der Waals surface area contributed by atoms with Crippen molar-refractivity contribution in [2.75, 3.05) is 7.11 Å². The Morgan fingerprint density at radius 3 is 2.64 bits per heavy atom. The van der Waals surface area contributed by atoms with Gasteiger partial charge in [-0.3, -0.25) is 4.79 Å². The smallest absolute Gasteiger partial charge is 0.287 e. The van der Waals surface area contributed by atoms with Crippen LogP contribution in [0.2, 0.25) is 0 Å². The van der Waals surface area contributed by atoms with Crippen LogP contribution in [0.15, 0.2) is 59.0 Å². The maximum Gasteiger partial charge on any atom is 0.287 e. The Hall–Kier alpha value is -2.75. The van der Waals surface area contributed by atoms with E-state index in [4.69, 9.17) is 9.15 Å². The van der Waals surface area contributed by atoms with Crippen LogP contribution in [0.4, 0.5) is 0 Å². The van der Waals surface area contributed by atoms with E-state index in [-0.39, 0.29) is 11.9 Å². The molecule has 4 nitrogen and oxygen atoms in total. The Morgan fingerprint density at radius 1 is 1.14 bits per heavy atom. The molecule has 0 aliphatic rings. The second-order valence-corrected chi connectivity index (χ2v) is 5.09. The number of amides is 1. The zero-order chi connectivity index (χ0) is 15.5. The highest BCUT2D eigenvalue weighted by Gasteiger charge is 2.17. The number of benzene rings is 2. The maximum absolute atomic E-state index is 12.4. The molecule has 3 rings (SSSR count). The van der Waals surface area contributed by atoms with Crippen LogP contribution in [-0.2, 0) is 0 Å². The topological polar surface area (TPSA) is 51.5 Å². The van der Waals surface area contributed by atoms with E-state index in [1.54, 1.807) is 13.2 Å². The lowest BCUT2D eigenvalue weighted by molar-refractivity contribution is 0.0913. The Bertz CT molecular complexity index is 774. The summed E-state index contributed by atoms with van der Waals surface area (Å²) >= 11 is 0. The Balaban J connectivity index is 1.81. The lowest BCUT2D eigenvalue weighted by atomic mass is 10.1. The summed E-state index contributed by atoms with van der Waals surface area (Å²) in [6, 6.07) is 16.7. The van der Waals surface area contributed by atoms with Crippen molar-refractivity contribution in [1.29, 1.82) is 0 Å². The van der Waals surface area contributed by atoms with Crippen molar-refractivity contribution in [2.24, 2.45) is 0 Å². The summed E-state index contributed by atoms with van der Waals surface area (Å²) in [5, 5.41) is 3.85. The van der Waals surface area contributed by atoms with Gasteiger partial charge in [0, 0.05) is 10.9 Å². The molecule has 3 aromatic rings. The number of rotatable bonds is 4. The van der Waals surface area contributed by atoms with Crippen LogP contribution in [0.5, 0.6) is 5.75 Å². The molecule has 2 aromatic carbocycles. The molecule has 0 saturated carbocycles. The molecule has 0 radical (unpaired) electrons. The van der Waals surface area contributed by atoms with E-state index in [9.17, 15) is 4.79 Å². The van der Waals surface area contributed by atoms with Gasteiger partial charge in [-0.05, 0) is 25.1 Å². The second-order valence-electron chi connectivity index (χ2n) is 5.09. The minimum absolute atomic E-state index is 0.183. The predicted octanol–water partition coefficient (Wildman–Crippen LogP) is 3.93. The van der Waals surface area contributed by atoms with Gasteiger partial charge in [-0.1, -0.05) is 36.4 Å². The van der Waals surface area contributed by atoms with Gasteiger partial charge in [-0.15, -0.1) is 0 Å². The van der Waals surface area contributed by atoms with Gasteiger partial charge in [0.2, 0.25) is 0 Å². The number of fused-ring (bicyclic) bond motifs is 1. The number of nitrogens with one attached hydrogen (secondary N) is 1. The van der Waals surface area contributed by atoms with E-state index < -0.39 is 0 Å². The highest BCUT2D eigenvalue weighted by molar-refractivity contribution is 5.96. The van der Waals surface area contributed by atoms with Crippen molar-refractivity contribution in [3.63, 3.8) is 0 Å². The zero-order valence-electron chi connectivity index (χ0n) is 12.5. The third-order valence-electron chi connectivity index (χ3n) is 3.60. The second kappa shape index (κ2) is 5.93. The van der Waals surface area contributed by atoms with Gasteiger partial charge in [0.05, 0.1) is 13.2 Å². The van der Waals surface area contributed by atoms with E-state index >= 15 is 0 Å². The molecule has 0 spiro atoms. The van der Waals surface area contributed by atoms with E-state index in [2.05, 4.69) is 5.32 Å². The average Bonchev–Trinajstić information content (AvgIpc) is 2.99. The van der Waals surface area contributed by atoms with Crippen LogP contribution >= 0.6 is 0 Å². The molecule has 112 valence electrons. The van der Waals surface area contributed by atoms with E-state index in [1.807, 2.05) is 55.5 Å². The van der Waals surface area contributed by atoms with E-state index in [0.29, 0.717) is 11.3 Å². The van der Waals surface area contributed by atoms with Gasteiger partial charge in [-0.2, -0.15) is 0 Å². The van der Waals surface area contributed by atoms with Crippen molar-refractivity contribution < 1.29 is 13.9 Å². The standard InChI is InChI=1S/C18H17NO3/c1-12(14-8-4-6-10-16(14)21-2)19-18(20)17-11-13-7-3-5-9-15(13)22-17/h3-12H,1-2H3,(H,19,20)/t12-/m1/s1. The number of carbonyl (C=O) groups excluding carboxylic acids is 1. The fraction of sp³-hybridized carbons (Fsp3) is 0.167. The highest BCUT2D eigenvalue weighted by Crippen LogP contribution is 2.25. The van der Waals surface area contributed by atoms with Crippen LogP contribution in [0.25, 0.3) is 11.0 Å². The molecule has 0 fully saturated rings. The lowest BCUT2D eigenvalue weighted by Crippen LogP contribution is -2.26. The first kappa shape index (κ1) is 14.2. The summed E-state index contributed by atoms with van der Waals surface area (Å²) in [6.45, 7) is 1.92. The van der Waals surface area contributed by atoms with Crippen LogP contribution in [0.3, 0.4) is 0 Å². The van der Waals surface area contributed by atoms with Crippen LogP contribution in [-0.4, -0.2) is 13.0 Å². The monoisotopic (exact) mass is 295 g/mol. The van der Waals surface area contributed by atoms with Gasteiger partial charge >= 0.3 is 0 Å². The summed E-state index contributed by atoms with van der Waals surface area (Å²) in [4.78, 5) is 12.4. The molecule has 1 heterocycles. The molecular weight excluding hydrogens is 278 g/mol. The molecule has 0 saturated heterocycles. The summed E-state index contributed by atoms with van der Waals surface area (Å²) in [6.07, 6.45) is 0. The zero-order valence-corrected chi connectivity index (χ0v) is 12.5. The first-order chi connectivity index (χ1) is 10.7. The average molecular weight is 295 g/mol. The molecule has 1 atom stereocenters. The van der Waals surface area contributed by atoms with Crippen molar-refractivity contribution in [3.05, 3.63) is 65.9 Å². The van der Waals surface area contributed by atoms with Crippen molar-refractivity contribution >= 4 is 16.9 Å². The third kappa shape index (κ3) is 2.68. The molecule has 1 amide bonds. The van der Waals surface area contributed by atoms with Crippen LogP contribution < -0.4 is 10.1 Å². The summed E-state index contributed by atoms with van der Waals surface area (Å²) < 4.78 is 10.9. The van der Waals surface area contributed by atoms with Crippen LogP contribution in [0.1, 0.15) is 29.1 Å². The molecule has 0 aliphatic heterocycles. The van der Waals surface area contributed by atoms with Crippen molar-refractivity contribution in [1.82, 2.24) is 5.32 Å². The number of para-hydroxylation sites is 2. The van der Waals surface area contributed by atoms with Gasteiger partial charge in [0.25, 0.3) is 5.91 Å². The molecule has 1 N–H and O–H groups in total. The number of ether oxygens (including phenoxy) is 1. The molecule has 22 heavy (non-hydrogen) atoms. The quantitative estimate of drug-likeness (QED) is 0.793. The minimum atomic E-state index is -0.241. The molecule has 0 aliphatic carbocycles. The van der Waals surface area contributed by atoms with Crippen molar-refractivity contribution in [2.45, 2.75) is 13.0 Å². The molecule has 0 unspecified atom stereocenters. The van der Waals surface area contributed by atoms with Crippen molar-refractivity contribution in [3.8, 4) is 5.75 Å². The highest BCUT2D eigenvalue weighted by atomic mass is 16.5. The summed E-state index contributed by atoms with van der Waals surface area (Å²) in [5.74, 6) is 0.817. The Kier molecular flexibility index (Phi) is 3.83. The van der Waals surface area contributed by atoms with E-state index in [1.165, 1.54) is 0 Å². The number of hydrogen-bond acceptors (Lipinski definition) is 3. The predicted molar refractivity (Wildman–Crippen MR) is 85.1 cm³/mol. The van der Waals surface area contributed by atoms with Crippen LogP contribution in [0, 0.1) is 0 Å². The van der Waals surface area contributed by atoms with E-state index in [0.717, 1.165) is 16.7 Å². The number of furan rings is 1. The first-order valence-electron chi connectivity index (χ1n) is 7.11. The SMILES string of the molecule is COc1ccccc1[C@@H](C)NC(=O)c1cc2ccccc2o1. The molecule has 0 bridgehead atoms. The maximum atomic E-state index is 12.4. The largest absolute Gasteiger partial charge is 0.496 e. The molecule has 4 heteroatoms. The Morgan fingerprint density at radius 2 is 1.86 bits per heavy atom. The fourth-order valence-corrected chi connectivity index (χ4v) is 2.46. The Labute approximate surface area is 128 Å². The summed E-state index contributed by atoms with van der Waals surface area (Å²) in [5.41, 5.74) is 1.63. The first-order valence-corrected chi connectivity index (χ1v) is 7.11. The number of hydrogen-bond donors (Lipinski definition) is 1. The van der Waals surface area contributed by atoms with Gasteiger partial charge in [0.15, 0.2) is 5.76 Å². The third-order valence-corrected chi connectivity index (χ3v) is 3.60. The number of methoxy groups -OCH3 is 1. The minimum Gasteiger partial charge on any atom is -0.496 e.